The van der Waals surface area contributed by atoms with Crippen molar-refractivity contribution in [3.63, 3.8) is 0 Å². The molecule has 0 aromatic carbocycles. The molecule has 0 fully saturated rings. The lowest BCUT2D eigenvalue weighted by atomic mass is 10.1. The maximum atomic E-state index is 12.5. The molecule has 0 saturated heterocycles. The third-order valence-electron chi connectivity index (χ3n) is 2.87. The molecular formula is C11H10ClF3N2O2S. The van der Waals surface area contributed by atoms with Crippen LogP contribution in [0.3, 0.4) is 0 Å². The molecular weight excluding hydrogens is 317 g/mol. The van der Waals surface area contributed by atoms with Gasteiger partial charge in [-0.05, 0) is 18.6 Å². The molecule has 0 saturated carbocycles. The Morgan fingerprint density at radius 1 is 1.30 bits per heavy atom. The van der Waals surface area contributed by atoms with E-state index in [1.807, 2.05) is 0 Å². The quantitative estimate of drug-likeness (QED) is 0.620. The SMILES string of the molecule is O=S(=O)(c1ccc(Cl)nc1)N1CC=C(C(F)(F)F)CC1. The number of nitrogens with zero attached hydrogens (tertiary/aromatic N) is 2. The standard InChI is InChI=1S/C11H10ClF3N2O2S/c12-10-2-1-9(7-16-10)20(18,19)17-5-3-8(4-6-17)11(13,14)15/h1-3,7H,4-6H2. The van der Waals surface area contributed by atoms with Gasteiger partial charge in [-0.25, -0.2) is 13.4 Å². The highest BCUT2D eigenvalue weighted by Gasteiger charge is 2.37. The molecule has 0 aliphatic carbocycles. The molecule has 0 unspecified atom stereocenters. The second kappa shape index (κ2) is 5.34. The number of rotatable bonds is 2. The Balaban J connectivity index is 2.21. The van der Waals surface area contributed by atoms with Crippen LogP contribution in [0.15, 0.2) is 34.9 Å². The Morgan fingerprint density at radius 3 is 2.45 bits per heavy atom. The van der Waals surface area contributed by atoms with Gasteiger partial charge in [-0.15, -0.1) is 0 Å². The van der Waals surface area contributed by atoms with E-state index in [4.69, 9.17) is 11.6 Å². The molecule has 4 nitrogen and oxygen atoms in total. The van der Waals surface area contributed by atoms with Crippen LogP contribution in [-0.4, -0.2) is 37.0 Å². The van der Waals surface area contributed by atoms with E-state index in [1.54, 1.807) is 0 Å². The normalized spacial score (nSPS) is 17.9. The van der Waals surface area contributed by atoms with Gasteiger partial charge in [0.2, 0.25) is 10.0 Å². The molecule has 1 aliphatic rings. The lowest BCUT2D eigenvalue weighted by Gasteiger charge is -2.26. The maximum absolute atomic E-state index is 12.5. The van der Waals surface area contributed by atoms with Crippen molar-refractivity contribution in [2.45, 2.75) is 17.5 Å². The first-order valence-electron chi connectivity index (χ1n) is 5.59. The van der Waals surface area contributed by atoms with Crippen molar-refractivity contribution in [3.05, 3.63) is 35.1 Å². The topological polar surface area (TPSA) is 50.3 Å². The van der Waals surface area contributed by atoms with Crippen molar-refractivity contribution >= 4 is 21.6 Å². The van der Waals surface area contributed by atoms with E-state index in [2.05, 4.69) is 4.98 Å². The minimum Gasteiger partial charge on any atom is -0.243 e. The smallest absolute Gasteiger partial charge is 0.243 e. The highest BCUT2D eigenvalue weighted by atomic mass is 35.5. The Morgan fingerprint density at radius 2 is 2.00 bits per heavy atom. The summed E-state index contributed by atoms with van der Waals surface area (Å²) in [6.07, 6.45) is -2.79. The Labute approximate surface area is 118 Å². The molecule has 1 aromatic heterocycles. The van der Waals surface area contributed by atoms with Crippen LogP contribution in [0.25, 0.3) is 0 Å². The van der Waals surface area contributed by atoms with E-state index in [0.717, 1.165) is 16.6 Å². The largest absolute Gasteiger partial charge is 0.412 e. The highest BCUT2D eigenvalue weighted by molar-refractivity contribution is 7.89. The Hall–Kier alpha value is -1.12. The van der Waals surface area contributed by atoms with Crippen molar-refractivity contribution in [2.24, 2.45) is 0 Å². The molecule has 0 spiro atoms. The molecule has 20 heavy (non-hydrogen) atoms. The zero-order valence-electron chi connectivity index (χ0n) is 10.1. The van der Waals surface area contributed by atoms with Gasteiger partial charge in [0.05, 0.1) is 0 Å². The number of aromatic nitrogens is 1. The lowest BCUT2D eigenvalue weighted by Crippen LogP contribution is -2.36. The van der Waals surface area contributed by atoms with Gasteiger partial charge in [-0.1, -0.05) is 17.7 Å². The molecule has 1 aliphatic heterocycles. The lowest BCUT2D eigenvalue weighted by molar-refractivity contribution is -0.0953. The predicted molar refractivity (Wildman–Crippen MR) is 66.8 cm³/mol. The molecule has 9 heteroatoms. The van der Waals surface area contributed by atoms with Gasteiger partial charge in [-0.2, -0.15) is 17.5 Å². The van der Waals surface area contributed by atoms with Crippen molar-refractivity contribution in [1.82, 2.24) is 9.29 Å². The van der Waals surface area contributed by atoms with Gasteiger partial charge in [0, 0.05) is 24.9 Å². The first kappa shape index (κ1) is 15.3. The zero-order chi connectivity index (χ0) is 15.0. The summed E-state index contributed by atoms with van der Waals surface area (Å²) in [4.78, 5) is 3.57. The van der Waals surface area contributed by atoms with Crippen LogP contribution in [-0.2, 0) is 10.0 Å². The van der Waals surface area contributed by atoms with Gasteiger partial charge < -0.3 is 0 Å². The number of hydrogen-bond acceptors (Lipinski definition) is 3. The number of alkyl halides is 3. The van der Waals surface area contributed by atoms with E-state index in [-0.39, 0.29) is 29.6 Å². The van der Waals surface area contributed by atoms with Gasteiger partial charge in [0.1, 0.15) is 10.0 Å². The second-order valence-electron chi connectivity index (χ2n) is 4.16. The summed E-state index contributed by atoms with van der Waals surface area (Å²) in [7, 11) is -3.85. The first-order valence-corrected chi connectivity index (χ1v) is 7.41. The molecule has 2 rings (SSSR count). The molecule has 110 valence electrons. The predicted octanol–water partition coefficient (Wildman–Crippen LogP) is 2.62. The molecule has 0 atom stereocenters. The van der Waals surface area contributed by atoms with Crippen molar-refractivity contribution in [2.75, 3.05) is 13.1 Å². The van der Waals surface area contributed by atoms with Gasteiger partial charge in [0.15, 0.2) is 0 Å². The van der Waals surface area contributed by atoms with E-state index >= 15 is 0 Å². The average molecular weight is 327 g/mol. The van der Waals surface area contributed by atoms with Crippen molar-refractivity contribution < 1.29 is 21.6 Å². The summed E-state index contributed by atoms with van der Waals surface area (Å²) in [5, 5.41) is 0.141. The van der Waals surface area contributed by atoms with Gasteiger partial charge in [-0.3, -0.25) is 0 Å². The fraction of sp³-hybridized carbons (Fsp3) is 0.364. The van der Waals surface area contributed by atoms with E-state index in [1.165, 1.54) is 12.1 Å². The molecule has 0 amide bonds. The molecule has 0 N–H and O–H groups in total. The summed E-state index contributed by atoms with van der Waals surface area (Å²) >= 11 is 5.56. The summed E-state index contributed by atoms with van der Waals surface area (Å²) in [5.74, 6) is 0. The van der Waals surface area contributed by atoms with Crippen LogP contribution in [0.1, 0.15) is 6.42 Å². The van der Waals surface area contributed by atoms with Crippen LogP contribution in [0.4, 0.5) is 13.2 Å². The minimum absolute atomic E-state index is 0.0919. The van der Waals surface area contributed by atoms with Crippen molar-refractivity contribution in [3.8, 4) is 0 Å². The summed E-state index contributed by atoms with van der Waals surface area (Å²) in [5.41, 5.74) is -0.696. The van der Waals surface area contributed by atoms with Crippen LogP contribution < -0.4 is 0 Å². The van der Waals surface area contributed by atoms with Crippen LogP contribution in [0.5, 0.6) is 0 Å². The zero-order valence-corrected chi connectivity index (χ0v) is 11.6. The van der Waals surface area contributed by atoms with E-state index in [0.29, 0.717) is 0 Å². The van der Waals surface area contributed by atoms with E-state index in [9.17, 15) is 21.6 Å². The molecule has 0 radical (unpaired) electrons. The van der Waals surface area contributed by atoms with Gasteiger partial charge in [0.25, 0.3) is 0 Å². The summed E-state index contributed by atoms with van der Waals surface area (Å²) < 4.78 is 62.8. The highest BCUT2D eigenvalue weighted by Crippen LogP contribution is 2.31. The van der Waals surface area contributed by atoms with Gasteiger partial charge >= 0.3 is 6.18 Å². The summed E-state index contributed by atoms with van der Waals surface area (Å²) in [6, 6.07) is 2.59. The average Bonchev–Trinajstić information content (AvgIpc) is 2.38. The number of sulfonamides is 1. The number of hydrogen-bond donors (Lipinski definition) is 0. The third kappa shape index (κ3) is 3.13. The summed E-state index contributed by atoms with van der Waals surface area (Å²) in [6.45, 7) is -0.518. The van der Waals surface area contributed by atoms with Crippen LogP contribution in [0.2, 0.25) is 5.15 Å². The molecule has 2 heterocycles. The molecule has 1 aromatic rings. The number of pyridine rings is 1. The number of halogens is 4. The second-order valence-corrected chi connectivity index (χ2v) is 6.48. The monoisotopic (exact) mass is 326 g/mol. The fourth-order valence-electron chi connectivity index (χ4n) is 1.79. The van der Waals surface area contributed by atoms with Crippen LogP contribution >= 0.6 is 11.6 Å². The Bertz CT molecular complexity index is 626. The van der Waals surface area contributed by atoms with Crippen LogP contribution in [0, 0.1) is 0 Å². The van der Waals surface area contributed by atoms with Crippen molar-refractivity contribution in [1.29, 1.82) is 0 Å². The maximum Gasteiger partial charge on any atom is 0.412 e. The Kier molecular flexibility index (Phi) is 4.08. The minimum atomic E-state index is -4.41. The fourth-order valence-corrected chi connectivity index (χ4v) is 3.23. The molecule has 0 bridgehead atoms. The third-order valence-corrected chi connectivity index (χ3v) is 4.95. The first-order chi connectivity index (χ1) is 9.21. The van der Waals surface area contributed by atoms with E-state index < -0.39 is 21.8 Å².